The maximum Gasteiger partial charge on any atom is 0.161 e. The molecular formula is C18H21N3O3. The number of benzene rings is 2. The summed E-state index contributed by atoms with van der Waals surface area (Å²) in [4.78, 5) is 4.56. The summed E-state index contributed by atoms with van der Waals surface area (Å²) in [6.45, 7) is 1.21. The minimum atomic E-state index is 0.549. The first-order chi connectivity index (χ1) is 11.7. The van der Waals surface area contributed by atoms with E-state index in [-0.39, 0.29) is 0 Å². The van der Waals surface area contributed by atoms with Crippen LogP contribution in [0.15, 0.2) is 41.4 Å². The first-order valence-corrected chi connectivity index (χ1v) is 7.65. The van der Waals surface area contributed by atoms with Gasteiger partial charge in [-0.1, -0.05) is 6.07 Å². The number of ether oxygens (including phenoxy) is 3. The van der Waals surface area contributed by atoms with E-state index in [4.69, 9.17) is 14.2 Å². The molecule has 1 heterocycles. The third-order valence-electron chi connectivity index (χ3n) is 3.86. The highest BCUT2D eigenvalue weighted by Gasteiger charge is 2.07. The largest absolute Gasteiger partial charge is 0.497 e. The molecule has 0 aromatic heterocycles. The molecule has 2 aromatic carbocycles. The predicted molar refractivity (Wildman–Crippen MR) is 91.3 cm³/mol. The molecule has 126 valence electrons. The van der Waals surface area contributed by atoms with E-state index < -0.39 is 0 Å². The number of nitrogens with zero attached hydrogens (tertiary/aromatic N) is 2. The summed E-state index contributed by atoms with van der Waals surface area (Å²) < 4.78 is 15.8. The zero-order chi connectivity index (χ0) is 16.9. The van der Waals surface area contributed by atoms with E-state index in [0.29, 0.717) is 13.2 Å². The highest BCUT2D eigenvalue weighted by molar-refractivity contribution is 5.42. The van der Waals surface area contributed by atoms with Crippen molar-refractivity contribution in [2.45, 2.75) is 6.54 Å². The van der Waals surface area contributed by atoms with Gasteiger partial charge in [-0.05, 0) is 29.8 Å². The third kappa shape index (κ3) is 3.44. The summed E-state index contributed by atoms with van der Waals surface area (Å²) >= 11 is 0. The summed E-state index contributed by atoms with van der Waals surface area (Å²) in [5.74, 6) is 2.27. The molecule has 1 aliphatic rings. The van der Waals surface area contributed by atoms with Crippen molar-refractivity contribution in [2.24, 2.45) is 4.99 Å². The molecule has 3 rings (SSSR count). The summed E-state index contributed by atoms with van der Waals surface area (Å²) in [5, 5.41) is 3.96. The first-order valence-electron chi connectivity index (χ1n) is 7.65. The molecule has 0 saturated carbocycles. The van der Waals surface area contributed by atoms with Crippen molar-refractivity contribution in [1.82, 2.24) is 10.4 Å². The number of nitrogens with one attached hydrogen (secondary N) is 1. The fraction of sp³-hybridized carbons (Fsp3) is 0.278. The van der Waals surface area contributed by atoms with Crippen molar-refractivity contribution < 1.29 is 14.2 Å². The highest BCUT2D eigenvalue weighted by atomic mass is 16.5. The van der Waals surface area contributed by atoms with Gasteiger partial charge in [-0.15, -0.1) is 0 Å². The van der Waals surface area contributed by atoms with Gasteiger partial charge in [0.15, 0.2) is 11.5 Å². The third-order valence-corrected chi connectivity index (χ3v) is 3.86. The fourth-order valence-corrected chi connectivity index (χ4v) is 2.54. The molecule has 0 aliphatic carbocycles. The fourth-order valence-electron chi connectivity index (χ4n) is 2.54. The lowest BCUT2D eigenvalue weighted by Crippen LogP contribution is -2.42. The number of fused-ring (bicyclic) bond motifs is 1. The SMILES string of the molecule is COc1ccc2c(c1)=NCN(NCc1ccc(OC)c(OC)c1)C=2. The van der Waals surface area contributed by atoms with Gasteiger partial charge in [-0.25, -0.2) is 5.43 Å². The van der Waals surface area contributed by atoms with E-state index in [1.165, 1.54) is 0 Å². The second-order valence-corrected chi connectivity index (χ2v) is 5.35. The van der Waals surface area contributed by atoms with E-state index in [2.05, 4.69) is 10.4 Å². The Morgan fingerprint density at radius 1 is 1.00 bits per heavy atom. The maximum absolute atomic E-state index is 5.33. The van der Waals surface area contributed by atoms with Crippen LogP contribution >= 0.6 is 0 Å². The topological polar surface area (TPSA) is 55.3 Å². The lowest BCUT2D eigenvalue weighted by atomic mass is 10.2. The van der Waals surface area contributed by atoms with Crippen LogP contribution in [0.25, 0.3) is 6.20 Å². The van der Waals surface area contributed by atoms with E-state index >= 15 is 0 Å². The molecule has 0 saturated heterocycles. The van der Waals surface area contributed by atoms with Crippen molar-refractivity contribution in [3.05, 3.63) is 52.5 Å². The maximum atomic E-state index is 5.33. The average Bonchev–Trinajstić information content (AvgIpc) is 2.65. The second kappa shape index (κ2) is 7.23. The summed E-state index contributed by atoms with van der Waals surface area (Å²) in [6, 6.07) is 11.8. The van der Waals surface area contributed by atoms with E-state index in [1.54, 1.807) is 21.3 Å². The minimum Gasteiger partial charge on any atom is -0.497 e. The Bertz CT molecular complexity index is 836. The molecule has 0 spiro atoms. The molecule has 0 fully saturated rings. The van der Waals surface area contributed by atoms with Crippen LogP contribution < -0.4 is 30.2 Å². The smallest absolute Gasteiger partial charge is 0.161 e. The zero-order valence-electron chi connectivity index (χ0n) is 14.1. The van der Waals surface area contributed by atoms with Crippen molar-refractivity contribution in [3.63, 3.8) is 0 Å². The summed E-state index contributed by atoms with van der Waals surface area (Å²) in [6.07, 6.45) is 2.04. The Morgan fingerprint density at radius 3 is 2.58 bits per heavy atom. The van der Waals surface area contributed by atoms with Crippen molar-refractivity contribution in [2.75, 3.05) is 28.0 Å². The van der Waals surface area contributed by atoms with Gasteiger partial charge >= 0.3 is 0 Å². The summed E-state index contributed by atoms with van der Waals surface area (Å²) in [5.41, 5.74) is 4.45. The molecule has 0 bridgehead atoms. The van der Waals surface area contributed by atoms with Crippen molar-refractivity contribution in [3.8, 4) is 17.2 Å². The van der Waals surface area contributed by atoms with Crippen LogP contribution in [0.4, 0.5) is 0 Å². The number of hydrogen-bond donors (Lipinski definition) is 1. The van der Waals surface area contributed by atoms with Crippen LogP contribution in [-0.4, -0.2) is 33.0 Å². The van der Waals surface area contributed by atoms with Crippen molar-refractivity contribution in [1.29, 1.82) is 0 Å². The zero-order valence-corrected chi connectivity index (χ0v) is 14.1. The van der Waals surface area contributed by atoms with Gasteiger partial charge in [0.25, 0.3) is 0 Å². The normalized spacial score (nSPS) is 12.7. The van der Waals surface area contributed by atoms with Gasteiger partial charge in [0.1, 0.15) is 12.4 Å². The number of methoxy groups -OCH3 is 3. The van der Waals surface area contributed by atoms with Crippen LogP contribution in [0.1, 0.15) is 5.56 Å². The standard InChI is InChI=1S/C18H21N3O3/c1-22-15-6-5-14-11-21(12-19-16(14)9-15)20-10-13-4-7-17(23-2)18(8-13)24-3/h4-9,11,20H,10,12H2,1-3H3. The minimum absolute atomic E-state index is 0.549. The Morgan fingerprint density at radius 2 is 1.83 bits per heavy atom. The molecule has 24 heavy (non-hydrogen) atoms. The molecule has 0 radical (unpaired) electrons. The Kier molecular flexibility index (Phi) is 4.86. The Labute approximate surface area is 140 Å². The number of rotatable bonds is 6. The van der Waals surface area contributed by atoms with E-state index in [1.807, 2.05) is 47.6 Å². The molecule has 0 amide bonds. The van der Waals surface area contributed by atoms with E-state index in [9.17, 15) is 0 Å². The van der Waals surface area contributed by atoms with Crippen LogP contribution in [0.2, 0.25) is 0 Å². The number of hydrogen-bond acceptors (Lipinski definition) is 6. The Hall–Kier alpha value is -2.73. The van der Waals surface area contributed by atoms with Gasteiger partial charge in [0.2, 0.25) is 0 Å². The van der Waals surface area contributed by atoms with Gasteiger partial charge in [-0.3, -0.25) is 10.0 Å². The Balaban J connectivity index is 1.70. The molecular weight excluding hydrogens is 306 g/mol. The van der Waals surface area contributed by atoms with Crippen LogP contribution in [0.3, 0.4) is 0 Å². The molecule has 6 nitrogen and oxygen atoms in total. The molecule has 0 unspecified atom stereocenters. The van der Waals surface area contributed by atoms with Crippen LogP contribution in [0.5, 0.6) is 17.2 Å². The highest BCUT2D eigenvalue weighted by Crippen LogP contribution is 2.27. The van der Waals surface area contributed by atoms with E-state index in [0.717, 1.165) is 33.4 Å². The summed E-state index contributed by atoms with van der Waals surface area (Å²) in [7, 11) is 4.93. The molecule has 0 atom stereocenters. The molecule has 1 N–H and O–H groups in total. The van der Waals surface area contributed by atoms with Gasteiger partial charge in [0.05, 0.1) is 26.7 Å². The van der Waals surface area contributed by atoms with Crippen LogP contribution in [0, 0.1) is 0 Å². The van der Waals surface area contributed by atoms with Gasteiger partial charge in [-0.2, -0.15) is 0 Å². The quantitative estimate of drug-likeness (QED) is 0.859. The van der Waals surface area contributed by atoms with Gasteiger partial charge < -0.3 is 14.2 Å². The molecule has 1 aliphatic heterocycles. The monoisotopic (exact) mass is 327 g/mol. The average molecular weight is 327 g/mol. The van der Waals surface area contributed by atoms with Gasteiger partial charge in [0, 0.05) is 24.0 Å². The number of hydrazine groups is 1. The molecule has 2 aromatic rings. The van der Waals surface area contributed by atoms with Crippen molar-refractivity contribution >= 4 is 6.20 Å². The lowest BCUT2D eigenvalue weighted by Gasteiger charge is -2.22. The lowest BCUT2D eigenvalue weighted by molar-refractivity contribution is 0.296. The first kappa shape index (κ1) is 16.1. The van der Waals surface area contributed by atoms with Crippen LogP contribution in [-0.2, 0) is 6.54 Å². The predicted octanol–water partition coefficient (Wildman–Crippen LogP) is 1.05. The second-order valence-electron chi connectivity index (χ2n) is 5.35. The molecule has 6 heteroatoms.